The van der Waals surface area contributed by atoms with E-state index in [-0.39, 0.29) is 0 Å². The van der Waals surface area contributed by atoms with Crippen molar-refractivity contribution in [2.24, 2.45) is 0 Å². The molecule has 5 heteroatoms. The van der Waals surface area contributed by atoms with E-state index < -0.39 is 0 Å². The average Bonchev–Trinajstić information content (AvgIpc) is 3.75. The lowest BCUT2D eigenvalue weighted by molar-refractivity contribution is 0.212. The Bertz CT molecular complexity index is 2910. The first-order chi connectivity index (χ1) is 21.3. The highest BCUT2D eigenvalue weighted by atomic mass is 32.1. The molecule has 1 aliphatic carbocycles. The third-order valence-electron chi connectivity index (χ3n) is 10.1. The van der Waals surface area contributed by atoms with Gasteiger partial charge >= 0.3 is 0 Å². The molecule has 0 N–H and O–H groups in total. The van der Waals surface area contributed by atoms with Gasteiger partial charge in [-0.25, -0.2) is 0 Å². The lowest BCUT2D eigenvalue weighted by Gasteiger charge is -2.47. The monoisotopic (exact) mass is 583 g/mol. The van der Waals surface area contributed by atoms with Gasteiger partial charge in [0.05, 0.1) is 23.1 Å². The second kappa shape index (κ2) is 7.20. The highest BCUT2D eigenvalue weighted by Crippen LogP contribution is 2.54. The van der Waals surface area contributed by atoms with Crippen LogP contribution in [0.4, 0.5) is 0 Å². The molecular formula is C38H21N3S2. The van der Waals surface area contributed by atoms with E-state index in [2.05, 4.69) is 129 Å². The van der Waals surface area contributed by atoms with Gasteiger partial charge in [0, 0.05) is 56.5 Å². The molecule has 10 aromatic rings. The minimum absolute atomic E-state index is 0.395. The number of aromatic nitrogens is 3. The molecule has 3 nitrogen and oxygen atoms in total. The van der Waals surface area contributed by atoms with Crippen molar-refractivity contribution in [3.8, 4) is 11.1 Å². The number of fused-ring (bicyclic) bond motifs is 19. The molecule has 2 aliphatic rings. The Labute approximate surface area is 252 Å². The number of rotatable bonds is 1. The van der Waals surface area contributed by atoms with E-state index in [9.17, 15) is 0 Å². The number of hydrogen-bond donors (Lipinski definition) is 0. The summed E-state index contributed by atoms with van der Waals surface area (Å²) in [4.78, 5) is 0. The normalized spacial score (nSPS) is 18.0. The fourth-order valence-corrected chi connectivity index (χ4v) is 10.5. The van der Waals surface area contributed by atoms with E-state index in [0.29, 0.717) is 12.1 Å². The van der Waals surface area contributed by atoms with Crippen LogP contribution in [0.3, 0.4) is 0 Å². The Morgan fingerprint density at radius 2 is 1.16 bits per heavy atom. The van der Waals surface area contributed by atoms with Crippen LogP contribution >= 0.6 is 22.7 Å². The lowest BCUT2D eigenvalue weighted by atomic mass is 9.96. The summed E-state index contributed by atoms with van der Waals surface area (Å²) in [5, 5.41) is 9.60. The van der Waals surface area contributed by atoms with Gasteiger partial charge in [-0.2, -0.15) is 0 Å². The van der Waals surface area contributed by atoms with Crippen LogP contribution in [0.15, 0.2) is 115 Å². The van der Waals surface area contributed by atoms with Crippen molar-refractivity contribution in [1.82, 2.24) is 13.8 Å². The topological polar surface area (TPSA) is 14.3 Å². The van der Waals surface area contributed by atoms with Gasteiger partial charge in [0.25, 0.3) is 0 Å². The summed E-state index contributed by atoms with van der Waals surface area (Å²) in [6.07, 6.45) is 9.12. The molecule has 200 valence electrons. The first-order valence-corrected chi connectivity index (χ1v) is 16.5. The van der Waals surface area contributed by atoms with Gasteiger partial charge in [-0.1, -0.05) is 72.8 Å². The SMILES string of the molecule is C1=CC2C(C=C1)n1c3c(c4c5c(cc6c7cc(-c8ccc9sc%10ccccc%10c9c8)ccc7n3c64)sc3ccccc35)n12. The van der Waals surface area contributed by atoms with E-state index in [1.165, 1.54) is 89.8 Å². The maximum Gasteiger partial charge on any atom is 0.160 e. The van der Waals surface area contributed by atoms with E-state index in [1.54, 1.807) is 0 Å². The zero-order valence-electron chi connectivity index (χ0n) is 22.8. The Morgan fingerprint density at radius 1 is 0.488 bits per heavy atom. The molecular weight excluding hydrogens is 563 g/mol. The maximum atomic E-state index is 2.57. The van der Waals surface area contributed by atoms with E-state index in [4.69, 9.17) is 0 Å². The first kappa shape index (κ1) is 21.8. The van der Waals surface area contributed by atoms with Gasteiger partial charge < -0.3 is 0 Å². The molecule has 5 aromatic heterocycles. The van der Waals surface area contributed by atoms with Gasteiger partial charge in [0.15, 0.2) is 5.65 Å². The molecule has 1 aliphatic heterocycles. The molecule has 0 bridgehead atoms. The Morgan fingerprint density at radius 3 is 2.02 bits per heavy atom. The van der Waals surface area contributed by atoms with E-state index >= 15 is 0 Å². The van der Waals surface area contributed by atoms with Crippen molar-refractivity contribution < 1.29 is 0 Å². The van der Waals surface area contributed by atoms with Crippen molar-refractivity contribution in [2.75, 3.05) is 0 Å². The molecule has 0 saturated carbocycles. The lowest BCUT2D eigenvalue weighted by Crippen LogP contribution is -2.44. The van der Waals surface area contributed by atoms with Crippen LogP contribution in [-0.4, -0.2) is 13.8 Å². The predicted molar refractivity (Wildman–Crippen MR) is 185 cm³/mol. The highest BCUT2D eigenvalue weighted by Gasteiger charge is 2.43. The molecule has 0 radical (unpaired) electrons. The fraction of sp³-hybridized carbons (Fsp3) is 0.0526. The molecule has 43 heavy (non-hydrogen) atoms. The van der Waals surface area contributed by atoms with Crippen LogP contribution in [0.1, 0.15) is 12.1 Å². The summed E-state index contributed by atoms with van der Waals surface area (Å²) < 4.78 is 13.1. The molecule has 2 atom stereocenters. The molecule has 6 heterocycles. The van der Waals surface area contributed by atoms with E-state index in [0.717, 1.165) is 0 Å². The van der Waals surface area contributed by atoms with Crippen LogP contribution in [-0.2, 0) is 0 Å². The highest BCUT2D eigenvalue weighted by molar-refractivity contribution is 7.26. The van der Waals surface area contributed by atoms with Crippen LogP contribution in [0, 0.1) is 0 Å². The van der Waals surface area contributed by atoms with Crippen LogP contribution in [0.25, 0.3) is 89.8 Å². The minimum Gasteiger partial charge on any atom is -0.292 e. The molecule has 2 unspecified atom stereocenters. The third kappa shape index (κ3) is 2.41. The molecule has 12 rings (SSSR count). The molecule has 0 fully saturated rings. The Hall–Kier alpha value is -4.84. The number of benzene rings is 5. The number of hydrogen-bond acceptors (Lipinski definition) is 2. The van der Waals surface area contributed by atoms with Crippen molar-refractivity contribution in [2.45, 2.75) is 12.1 Å². The van der Waals surface area contributed by atoms with Crippen LogP contribution < -0.4 is 0 Å². The van der Waals surface area contributed by atoms with E-state index in [1.807, 2.05) is 22.7 Å². The summed E-state index contributed by atoms with van der Waals surface area (Å²) in [7, 11) is 0. The number of thiophene rings is 2. The molecule has 0 amide bonds. The maximum absolute atomic E-state index is 2.57. The van der Waals surface area contributed by atoms with Crippen LogP contribution in [0.2, 0.25) is 0 Å². The fourth-order valence-electron chi connectivity index (χ4n) is 8.27. The standard InChI is InChI=1S/C38H21N3S2/c1-5-11-30-22(7-1)25-18-21(14-16-32(25)42-30)20-13-15-27-24(17-20)26-19-33-34(23-8-2-6-12-31(23)43-33)35-36(26)39(27)38-37(35)40-28-9-3-4-10-29(28)41(38)40/h1-19,28-29H. The summed E-state index contributed by atoms with van der Waals surface area (Å²) in [5.74, 6) is 0. The average molecular weight is 584 g/mol. The first-order valence-electron chi connectivity index (χ1n) is 14.9. The largest absolute Gasteiger partial charge is 0.292 e. The third-order valence-corrected chi connectivity index (χ3v) is 12.4. The minimum atomic E-state index is 0.395. The van der Waals surface area contributed by atoms with Crippen molar-refractivity contribution in [3.05, 3.63) is 115 Å². The van der Waals surface area contributed by atoms with Crippen LogP contribution in [0.5, 0.6) is 0 Å². The van der Waals surface area contributed by atoms with Crippen molar-refractivity contribution in [1.29, 1.82) is 0 Å². The van der Waals surface area contributed by atoms with Gasteiger partial charge in [0.1, 0.15) is 5.52 Å². The van der Waals surface area contributed by atoms with Gasteiger partial charge in [-0.05, 0) is 53.6 Å². The van der Waals surface area contributed by atoms with Crippen molar-refractivity contribution >= 4 is 101 Å². The smallest absolute Gasteiger partial charge is 0.160 e. The Balaban J connectivity index is 1.21. The summed E-state index contributed by atoms with van der Waals surface area (Å²) in [6.45, 7) is 0. The summed E-state index contributed by atoms with van der Waals surface area (Å²) >= 11 is 3.81. The predicted octanol–water partition coefficient (Wildman–Crippen LogP) is 11.1. The molecule has 0 spiro atoms. The zero-order valence-corrected chi connectivity index (χ0v) is 24.4. The quantitative estimate of drug-likeness (QED) is 0.183. The van der Waals surface area contributed by atoms with Gasteiger partial charge in [-0.15, -0.1) is 22.7 Å². The second-order valence-corrected chi connectivity index (χ2v) is 14.3. The molecule has 0 saturated heterocycles. The number of nitrogens with zero attached hydrogens (tertiary/aromatic N) is 3. The van der Waals surface area contributed by atoms with Gasteiger partial charge in [-0.3, -0.25) is 13.8 Å². The Kier molecular flexibility index (Phi) is 3.65. The zero-order chi connectivity index (χ0) is 27.6. The van der Waals surface area contributed by atoms with Crippen molar-refractivity contribution in [3.63, 3.8) is 0 Å². The summed E-state index contributed by atoms with van der Waals surface area (Å²) in [6, 6.07) is 35.1. The summed E-state index contributed by atoms with van der Waals surface area (Å²) in [5.41, 5.74) is 7.96. The number of allylic oxidation sites excluding steroid dienone is 4. The van der Waals surface area contributed by atoms with Gasteiger partial charge in [0.2, 0.25) is 0 Å². The second-order valence-electron chi connectivity index (χ2n) is 12.1. The molecule has 5 aromatic carbocycles.